The molecule has 2 nitrogen and oxygen atoms in total. The Balaban J connectivity index is 5.33. The molecule has 0 aliphatic carbocycles. The third-order valence-electron chi connectivity index (χ3n) is 1.81. The molecule has 0 aliphatic heterocycles. The van der Waals surface area contributed by atoms with Crippen molar-refractivity contribution in [3.63, 3.8) is 0 Å². The van der Waals surface area contributed by atoms with Gasteiger partial charge in [-0.15, -0.1) is 0 Å². The zero-order valence-corrected chi connectivity index (χ0v) is 10.2. The topological polar surface area (TPSA) is 29.3 Å². The summed E-state index contributed by atoms with van der Waals surface area (Å²) in [4.78, 5) is 0.404. The van der Waals surface area contributed by atoms with Gasteiger partial charge in [-0.3, -0.25) is 0 Å². The summed E-state index contributed by atoms with van der Waals surface area (Å²) in [7, 11) is 0. The van der Waals surface area contributed by atoms with Crippen LogP contribution in [-0.2, 0) is 0 Å². The first-order chi connectivity index (χ1) is 7.85. The molecule has 0 aromatic rings. The van der Waals surface area contributed by atoms with Gasteiger partial charge in [0.1, 0.15) is 0 Å². The van der Waals surface area contributed by atoms with Crippen molar-refractivity contribution in [1.82, 2.24) is 4.90 Å². The molecule has 0 spiro atoms. The maximum absolute atomic E-state index is 12.2. The summed E-state index contributed by atoms with van der Waals surface area (Å²) in [5, 5.41) is -0.623. The second-order valence-electron chi connectivity index (χ2n) is 3.37. The van der Waals surface area contributed by atoms with Crippen LogP contribution in [0, 0.1) is 0 Å². The molecule has 0 aromatic heterocycles. The number of alkyl halides is 6. The number of halogens is 6. The number of hydrogen-bond donors (Lipinski definition) is 1. The Morgan fingerprint density at radius 1 is 0.944 bits per heavy atom. The van der Waals surface area contributed by atoms with Crippen molar-refractivity contribution in [2.45, 2.75) is 26.2 Å². The second kappa shape index (κ2) is 5.59. The van der Waals surface area contributed by atoms with E-state index in [9.17, 15) is 26.3 Å². The van der Waals surface area contributed by atoms with Crippen molar-refractivity contribution in [3.05, 3.63) is 23.5 Å². The van der Waals surface area contributed by atoms with Gasteiger partial charge in [0.2, 0.25) is 0 Å². The van der Waals surface area contributed by atoms with Crippen LogP contribution in [0.4, 0.5) is 26.3 Å². The highest BCUT2D eigenvalue weighted by molar-refractivity contribution is 7.80. The molecule has 0 rings (SSSR count). The summed E-state index contributed by atoms with van der Waals surface area (Å²) < 4.78 is 73.3. The van der Waals surface area contributed by atoms with Crippen molar-refractivity contribution in [2.24, 2.45) is 5.73 Å². The van der Waals surface area contributed by atoms with Gasteiger partial charge in [-0.25, -0.2) is 0 Å². The lowest BCUT2D eigenvalue weighted by atomic mass is 10.3. The number of hydrogen-bond acceptors (Lipinski definition) is 1. The molecule has 0 bridgehead atoms. The molecule has 104 valence electrons. The first-order valence-electron chi connectivity index (χ1n) is 4.44. The van der Waals surface area contributed by atoms with Gasteiger partial charge in [0.15, 0.2) is 5.11 Å². The summed E-state index contributed by atoms with van der Waals surface area (Å²) in [6.07, 6.45) is -8.53. The molecule has 9 heteroatoms. The Hall–Kier alpha value is -1.25. The standard InChI is InChI=1S/C9H10F6N2S/c1-5(8(10,11)12)3-17(7(16)18)4-6(2)9(13,14)15/h3-4H,1-2H3,(H2,16,18). The number of rotatable bonds is 2. The molecule has 18 heavy (non-hydrogen) atoms. The predicted octanol–water partition coefficient (Wildman–Crippen LogP) is 3.46. The normalized spacial score (nSPS) is 14.7. The van der Waals surface area contributed by atoms with E-state index in [4.69, 9.17) is 5.73 Å². The lowest BCUT2D eigenvalue weighted by Crippen LogP contribution is -2.29. The molecule has 0 atom stereocenters. The number of nitrogens with two attached hydrogens (primary N) is 1. The molecule has 0 amide bonds. The summed E-state index contributed by atoms with van der Waals surface area (Å²) in [6.45, 7) is 1.39. The Labute approximate surface area is 105 Å². The summed E-state index contributed by atoms with van der Waals surface area (Å²) in [6, 6.07) is 0. The van der Waals surface area contributed by atoms with Gasteiger partial charge in [-0.05, 0) is 26.1 Å². The van der Waals surface area contributed by atoms with Crippen LogP contribution in [0.25, 0.3) is 0 Å². The molecule has 0 fully saturated rings. The maximum Gasteiger partial charge on any atom is 0.413 e. The lowest BCUT2D eigenvalue weighted by molar-refractivity contribution is -0.0922. The Bertz CT molecular complexity index is 349. The number of allylic oxidation sites excluding steroid dienone is 2. The van der Waals surface area contributed by atoms with E-state index in [1.54, 1.807) is 0 Å². The van der Waals surface area contributed by atoms with Gasteiger partial charge < -0.3 is 10.6 Å². The zero-order valence-electron chi connectivity index (χ0n) is 9.36. The minimum absolute atomic E-state index is 0.400. The van der Waals surface area contributed by atoms with Crippen LogP contribution >= 0.6 is 12.2 Å². The van der Waals surface area contributed by atoms with Gasteiger partial charge in [-0.1, -0.05) is 0 Å². The zero-order chi connectivity index (χ0) is 14.7. The third-order valence-corrected chi connectivity index (χ3v) is 2.03. The van der Waals surface area contributed by atoms with E-state index in [0.717, 1.165) is 0 Å². The molecule has 0 unspecified atom stereocenters. The first-order valence-corrected chi connectivity index (χ1v) is 4.85. The predicted molar refractivity (Wildman–Crippen MR) is 58.2 cm³/mol. The van der Waals surface area contributed by atoms with E-state index in [-0.39, 0.29) is 0 Å². The van der Waals surface area contributed by atoms with Crippen molar-refractivity contribution >= 4 is 17.3 Å². The van der Waals surface area contributed by atoms with Gasteiger partial charge in [0.05, 0.1) is 0 Å². The molecular weight excluding hydrogens is 282 g/mol. The van der Waals surface area contributed by atoms with Crippen molar-refractivity contribution in [1.29, 1.82) is 0 Å². The summed E-state index contributed by atoms with van der Waals surface area (Å²) in [5.74, 6) is 0. The summed E-state index contributed by atoms with van der Waals surface area (Å²) in [5.41, 5.74) is 2.81. The van der Waals surface area contributed by atoms with Crippen LogP contribution in [0.5, 0.6) is 0 Å². The Kier molecular flexibility index (Phi) is 5.21. The van der Waals surface area contributed by atoms with Crippen LogP contribution in [0.1, 0.15) is 13.8 Å². The molecule has 0 heterocycles. The van der Waals surface area contributed by atoms with Gasteiger partial charge in [-0.2, -0.15) is 26.3 Å². The first kappa shape index (κ1) is 16.8. The van der Waals surface area contributed by atoms with E-state index < -0.39 is 28.6 Å². The summed E-state index contributed by atoms with van der Waals surface area (Å²) >= 11 is 4.38. The van der Waals surface area contributed by atoms with E-state index in [1.165, 1.54) is 0 Å². The third kappa shape index (κ3) is 5.39. The molecule has 0 aliphatic rings. The Morgan fingerprint density at radius 3 is 1.39 bits per heavy atom. The Morgan fingerprint density at radius 2 is 1.22 bits per heavy atom. The van der Waals surface area contributed by atoms with Gasteiger partial charge in [0, 0.05) is 23.5 Å². The quantitative estimate of drug-likeness (QED) is 0.624. The fourth-order valence-corrected chi connectivity index (χ4v) is 0.834. The van der Waals surface area contributed by atoms with Crippen molar-refractivity contribution < 1.29 is 26.3 Å². The molecular formula is C9H10F6N2S. The largest absolute Gasteiger partial charge is 0.413 e. The lowest BCUT2D eigenvalue weighted by Gasteiger charge is -2.18. The SMILES string of the molecule is CC(=CN(C=C(C)C(F)(F)F)C(N)=S)C(F)(F)F. The van der Waals surface area contributed by atoms with E-state index in [1.807, 2.05) is 0 Å². The van der Waals surface area contributed by atoms with Gasteiger partial charge in [0.25, 0.3) is 0 Å². The van der Waals surface area contributed by atoms with Crippen LogP contribution in [0.2, 0.25) is 0 Å². The fourth-order valence-electron chi connectivity index (χ4n) is 0.728. The van der Waals surface area contributed by atoms with Gasteiger partial charge >= 0.3 is 12.4 Å². The van der Waals surface area contributed by atoms with Crippen LogP contribution in [0.3, 0.4) is 0 Å². The van der Waals surface area contributed by atoms with Crippen molar-refractivity contribution in [3.8, 4) is 0 Å². The smallest absolute Gasteiger partial charge is 0.376 e. The monoisotopic (exact) mass is 292 g/mol. The average Bonchev–Trinajstić information content (AvgIpc) is 2.12. The van der Waals surface area contributed by atoms with E-state index in [0.29, 0.717) is 31.1 Å². The van der Waals surface area contributed by atoms with Crippen LogP contribution < -0.4 is 5.73 Å². The van der Waals surface area contributed by atoms with Crippen LogP contribution in [0.15, 0.2) is 23.5 Å². The maximum atomic E-state index is 12.2. The molecule has 2 N–H and O–H groups in total. The van der Waals surface area contributed by atoms with Crippen LogP contribution in [-0.4, -0.2) is 22.4 Å². The highest BCUT2D eigenvalue weighted by Gasteiger charge is 2.32. The molecule has 0 radical (unpaired) electrons. The minimum Gasteiger partial charge on any atom is -0.376 e. The average molecular weight is 292 g/mol. The number of thiocarbonyl (C=S) groups is 1. The molecule has 0 saturated heterocycles. The highest BCUT2D eigenvalue weighted by atomic mass is 32.1. The minimum atomic E-state index is -4.66. The fraction of sp³-hybridized carbons (Fsp3) is 0.444. The highest BCUT2D eigenvalue weighted by Crippen LogP contribution is 2.27. The molecule has 0 aromatic carbocycles. The second-order valence-corrected chi connectivity index (χ2v) is 3.78. The number of nitrogens with zero attached hydrogens (tertiary/aromatic N) is 1. The molecule has 0 saturated carbocycles. The van der Waals surface area contributed by atoms with E-state index >= 15 is 0 Å². The van der Waals surface area contributed by atoms with Crippen molar-refractivity contribution in [2.75, 3.05) is 0 Å². The van der Waals surface area contributed by atoms with E-state index in [2.05, 4.69) is 12.2 Å².